The van der Waals surface area contributed by atoms with Crippen molar-refractivity contribution in [1.82, 2.24) is 20.1 Å². The molecule has 5 rings (SSSR count). The number of fused-ring (bicyclic) bond motifs is 1. The Morgan fingerprint density at radius 1 is 0.895 bits per heavy atom. The van der Waals surface area contributed by atoms with Crippen LogP contribution in [0.25, 0.3) is 16.5 Å². The van der Waals surface area contributed by atoms with E-state index < -0.39 is 17.6 Å². The van der Waals surface area contributed by atoms with E-state index in [1.54, 1.807) is 34.9 Å². The zero-order valence-corrected chi connectivity index (χ0v) is 20.6. The lowest BCUT2D eigenvalue weighted by molar-refractivity contribution is -0.137. The smallest absolute Gasteiger partial charge is 0.345 e. The van der Waals surface area contributed by atoms with Gasteiger partial charge in [-0.2, -0.15) is 13.2 Å². The second kappa shape index (κ2) is 10.7. The zero-order valence-electron chi connectivity index (χ0n) is 19.7. The number of alkyl halides is 3. The van der Waals surface area contributed by atoms with E-state index in [0.29, 0.717) is 27.8 Å². The Hall–Kier alpha value is -4.18. The monoisotopic (exact) mass is 536 g/mol. The Bertz CT molecular complexity index is 1590. The summed E-state index contributed by atoms with van der Waals surface area (Å²) in [5.41, 5.74) is 0.796. The van der Waals surface area contributed by atoms with Crippen LogP contribution in [0.15, 0.2) is 96.2 Å². The molecule has 0 atom stereocenters. The third-order valence-electron chi connectivity index (χ3n) is 5.85. The molecule has 0 bridgehead atoms. The van der Waals surface area contributed by atoms with Gasteiger partial charge in [0, 0.05) is 17.0 Å². The number of halogens is 4. The molecule has 0 unspecified atom stereocenters. The maximum atomic E-state index is 13.6. The average Bonchev–Trinajstić information content (AvgIpc) is 3.33. The first-order chi connectivity index (χ1) is 18.3. The van der Waals surface area contributed by atoms with E-state index in [2.05, 4.69) is 15.5 Å². The molecular weight excluding hydrogens is 516 g/mol. The number of rotatable bonds is 7. The topological polar surface area (TPSA) is 59.8 Å². The van der Waals surface area contributed by atoms with Gasteiger partial charge < -0.3 is 5.32 Å². The summed E-state index contributed by atoms with van der Waals surface area (Å²) in [5.74, 6) is -0.137. The van der Waals surface area contributed by atoms with E-state index in [1.165, 1.54) is 30.0 Å². The van der Waals surface area contributed by atoms with Gasteiger partial charge in [0.1, 0.15) is 5.82 Å². The predicted octanol–water partition coefficient (Wildman–Crippen LogP) is 6.80. The van der Waals surface area contributed by atoms with E-state index in [0.717, 1.165) is 22.9 Å². The van der Waals surface area contributed by atoms with E-state index in [1.807, 2.05) is 30.3 Å². The first-order valence-corrected chi connectivity index (χ1v) is 12.5. The van der Waals surface area contributed by atoms with E-state index in [-0.39, 0.29) is 18.2 Å². The van der Waals surface area contributed by atoms with Crippen molar-refractivity contribution in [1.29, 1.82) is 0 Å². The minimum atomic E-state index is -4.44. The van der Waals surface area contributed by atoms with Gasteiger partial charge in [0.25, 0.3) is 5.91 Å². The number of amides is 1. The summed E-state index contributed by atoms with van der Waals surface area (Å²) in [5, 5.41) is 13.4. The summed E-state index contributed by atoms with van der Waals surface area (Å²) in [6.45, 7) is 0.0244. The van der Waals surface area contributed by atoms with Crippen LogP contribution >= 0.6 is 11.8 Å². The third-order valence-corrected chi connectivity index (χ3v) is 6.85. The molecule has 5 aromatic rings. The van der Waals surface area contributed by atoms with Gasteiger partial charge in [-0.3, -0.25) is 9.36 Å². The highest BCUT2D eigenvalue weighted by atomic mass is 32.2. The highest BCUT2D eigenvalue weighted by molar-refractivity contribution is 7.98. The molecule has 0 spiro atoms. The Kier molecular flexibility index (Phi) is 7.15. The molecule has 10 heteroatoms. The molecule has 1 aromatic heterocycles. The summed E-state index contributed by atoms with van der Waals surface area (Å²) in [6, 6.07) is 23.7. The molecule has 38 heavy (non-hydrogen) atoms. The summed E-state index contributed by atoms with van der Waals surface area (Å²) in [6.07, 6.45) is -4.44. The van der Waals surface area contributed by atoms with Crippen LogP contribution in [-0.4, -0.2) is 20.7 Å². The number of nitrogens with one attached hydrogen (secondary N) is 1. The SMILES string of the molecule is O=C(NCc1nnc(SCc2cccc(C(F)(F)F)c2)n1-c1ccc(F)cc1)c1cccc2ccccc12. The number of thioether (sulfide) groups is 1. The number of benzene rings is 4. The predicted molar refractivity (Wildman–Crippen MR) is 137 cm³/mol. The second-order valence-corrected chi connectivity index (χ2v) is 9.35. The van der Waals surface area contributed by atoms with Crippen LogP contribution in [0.4, 0.5) is 17.6 Å². The van der Waals surface area contributed by atoms with Gasteiger partial charge in [0.2, 0.25) is 0 Å². The fraction of sp³-hybridized carbons (Fsp3) is 0.107. The number of carbonyl (C=O) groups excluding carboxylic acids is 1. The third kappa shape index (κ3) is 5.55. The molecule has 0 saturated heterocycles. The summed E-state index contributed by atoms with van der Waals surface area (Å²) in [4.78, 5) is 13.0. The number of aromatic nitrogens is 3. The lowest BCUT2D eigenvalue weighted by Crippen LogP contribution is -2.25. The van der Waals surface area contributed by atoms with Crippen LogP contribution in [0.1, 0.15) is 27.3 Å². The first-order valence-electron chi connectivity index (χ1n) is 11.5. The van der Waals surface area contributed by atoms with Crippen molar-refractivity contribution in [3.63, 3.8) is 0 Å². The van der Waals surface area contributed by atoms with Gasteiger partial charge in [-0.15, -0.1) is 10.2 Å². The Morgan fingerprint density at radius 2 is 1.63 bits per heavy atom. The normalized spacial score (nSPS) is 11.6. The second-order valence-electron chi connectivity index (χ2n) is 8.41. The Balaban J connectivity index is 1.40. The Morgan fingerprint density at radius 3 is 2.42 bits per heavy atom. The van der Waals surface area contributed by atoms with Gasteiger partial charge in [0.15, 0.2) is 11.0 Å². The quantitative estimate of drug-likeness (QED) is 0.184. The maximum absolute atomic E-state index is 13.6. The van der Waals surface area contributed by atoms with Gasteiger partial charge in [0.05, 0.1) is 12.1 Å². The van der Waals surface area contributed by atoms with E-state index in [4.69, 9.17) is 0 Å². The van der Waals surface area contributed by atoms with E-state index >= 15 is 0 Å². The van der Waals surface area contributed by atoms with E-state index in [9.17, 15) is 22.4 Å². The maximum Gasteiger partial charge on any atom is 0.416 e. The molecular formula is C28H20F4N4OS. The molecule has 0 aliphatic heterocycles. The minimum absolute atomic E-state index is 0.0244. The van der Waals surface area contributed by atoms with Crippen molar-refractivity contribution in [2.45, 2.75) is 23.6 Å². The molecule has 192 valence electrons. The fourth-order valence-corrected chi connectivity index (χ4v) is 4.93. The van der Waals surface area contributed by atoms with Crippen LogP contribution in [0.3, 0.4) is 0 Å². The lowest BCUT2D eigenvalue weighted by atomic mass is 10.0. The average molecular weight is 537 g/mol. The van der Waals surface area contributed by atoms with Crippen molar-refractivity contribution >= 4 is 28.4 Å². The van der Waals surface area contributed by atoms with Crippen LogP contribution in [0.2, 0.25) is 0 Å². The first kappa shape index (κ1) is 25.5. The van der Waals surface area contributed by atoms with Gasteiger partial charge in [-0.05, 0) is 52.7 Å². The number of hydrogen-bond acceptors (Lipinski definition) is 4. The van der Waals surface area contributed by atoms with Crippen LogP contribution < -0.4 is 5.32 Å². The Labute approximate surface area is 219 Å². The number of carbonyl (C=O) groups is 1. The highest BCUT2D eigenvalue weighted by Gasteiger charge is 2.30. The van der Waals surface area contributed by atoms with Crippen LogP contribution in [0, 0.1) is 5.82 Å². The molecule has 0 saturated carbocycles. The molecule has 0 aliphatic carbocycles. The molecule has 5 nitrogen and oxygen atoms in total. The minimum Gasteiger partial charge on any atom is -0.345 e. The standard InChI is InChI=1S/C28H20F4N4OS/c29-21-11-13-22(14-12-21)36-25(16-33-26(37)24-10-4-7-19-6-1-2-9-23(19)24)34-35-27(36)38-17-18-5-3-8-20(15-18)28(30,31)32/h1-15H,16-17H2,(H,33,37). The van der Waals surface area contributed by atoms with Crippen molar-refractivity contribution in [3.8, 4) is 5.69 Å². The molecule has 4 aromatic carbocycles. The zero-order chi connectivity index (χ0) is 26.7. The van der Waals surface area contributed by atoms with Gasteiger partial charge >= 0.3 is 6.18 Å². The number of nitrogens with zero attached hydrogens (tertiary/aromatic N) is 3. The summed E-state index contributed by atoms with van der Waals surface area (Å²) >= 11 is 1.19. The van der Waals surface area contributed by atoms with Crippen molar-refractivity contribution < 1.29 is 22.4 Å². The van der Waals surface area contributed by atoms with Crippen molar-refractivity contribution in [2.24, 2.45) is 0 Å². The van der Waals surface area contributed by atoms with Crippen LogP contribution in [-0.2, 0) is 18.5 Å². The molecule has 0 aliphatic rings. The van der Waals surface area contributed by atoms with Gasteiger partial charge in [-0.1, -0.05) is 66.4 Å². The number of hydrogen-bond donors (Lipinski definition) is 1. The molecule has 0 radical (unpaired) electrons. The molecule has 1 amide bonds. The summed E-state index contributed by atoms with van der Waals surface area (Å²) in [7, 11) is 0. The fourth-order valence-electron chi connectivity index (χ4n) is 4.02. The largest absolute Gasteiger partial charge is 0.416 e. The molecule has 1 heterocycles. The molecule has 0 fully saturated rings. The van der Waals surface area contributed by atoms with Crippen molar-refractivity contribution in [3.05, 3.63) is 119 Å². The van der Waals surface area contributed by atoms with Gasteiger partial charge in [-0.25, -0.2) is 4.39 Å². The highest BCUT2D eigenvalue weighted by Crippen LogP contribution is 2.31. The molecule has 1 N–H and O–H groups in total. The summed E-state index contributed by atoms with van der Waals surface area (Å²) < 4.78 is 54.6. The van der Waals surface area contributed by atoms with Crippen LogP contribution in [0.5, 0.6) is 0 Å². The van der Waals surface area contributed by atoms with Crippen molar-refractivity contribution in [2.75, 3.05) is 0 Å². The lowest BCUT2D eigenvalue weighted by Gasteiger charge is -2.12.